The zero-order valence-corrected chi connectivity index (χ0v) is 17.9. The molecule has 3 unspecified atom stereocenters. The average Bonchev–Trinajstić information content (AvgIpc) is 2.79. The summed E-state index contributed by atoms with van der Waals surface area (Å²) in [6.45, 7) is 4.41. The van der Waals surface area contributed by atoms with Crippen LogP contribution in [0.25, 0.3) is 0 Å². The van der Waals surface area contributed by atoms with E-state index in [1.165, 1.54) is 11.1 Å². The summed E-state index contributed by atoms with van der Waals surface area (Å²) in [7, 11) is 1.63. The molecule has 0 aromatic heterocycles. The second kappa shape index (κ2) is 11.2. The predicted molar refractivity (Wildman–Crippen MR) is 119 cm³/mol. The number of carbonyl (C=O) groups is 1. The van der Waals surface area contributed by atoms with Gasteiger partial charge >= 0.3 is 0 Å². The molecule has 3 rings (SSSR count). The quantitative estimate of drug-likeness (QED) is 0.437. The lowest BCUT2D eigenvalue weighted by atomic mass is 9.83. The van der Waals surface area contributed by atoms with Crippen molar-refractivity contribution in [1.29, 1.82) is 0 Å². The topological polar surface area (TPSA) is 73.8 Å². The Kier molecular flexibility index (Phi) is 8.39. The van der Waals surface area contributed by atoms with Crippen LogP contribution in [0.1, 0.15) is 30.4 Å². The van der Waals surface area contributed by atoms with E-state index in [0.29, 0.717) is 26.2 Å². The summed E-state index contributed by atoms with van der Waals surface area (Å²) < 4.78 is 5.06. The highest BCUT2D eigenvalue weighted by molar-refractivity contribution is 5.92. The third-order valence-corrected chi connectivity index (χ3v) is 5.73. The molecule has 1 aliphatic heterocycles. The fourth-order valence-electron chi connectivity index (χ4n) is 3.97. The SMILES string of the molecule is CCc1ccc(C2CC(C(=O)Nc3ccccc3)CN(C(O)NCCOC)C2)cc1. The van der Waals surface area contributed by atoms with Crippen LogP contribution in [0.2, 0.25) is 0 Å². The molecule has 1 aliphatic rings. The van der Waals surface area contributed by atoms with Crippen LogP contribution in [0.4, 0.5) is 5.69 Å². The number of likely N-dealkylation sites (tertiary alicyclic amines) is 1. The minimum absolute atomic E-state index is 0.00910. The first-order chi connectivity index (χ1) is 14.6. The first-order valence-corrected chi connectivity index (χ1v) is 10.7. The molecule has 2 aromatic rings. The molecule has 162 valence electrons. The van der Waals surface area contributed by atoms with Crippen LogP contribution >= 0.6 is 0 Å². The number of aliphatic hydroxyl groups is 1. The summed E-state index contributed by atoms with van der Waals surface area (Å²) in [6, 6.07) is 18.1. The van der Waals surface area contributed by atoms with E-state index in [1.807, 2.05) is 35.2 Å². The lowest BCUT2D eigenvalue weighted by Gasteiger charge is -2.40. The van der Waals surface area contributed by atoms with Crippen LogP contribution in [-0.4, -0.2) is 55.6 Å². The molecule has 0 saturated carbocycles. The Balaban J connectivity index is 1.74. The van der Waals surface area contributed by atoms with Gasteiger partial charge in [-0.1, -0.05) is 49.4 Å². The Morgan fingerprint density at radius 2 is 1.90 bits per heavy atom. The zero-order valence-electron chi connectivity index (χ0n) is 17.9. The minimum Gasteiger partial charge on any atom is -0.383 e. The second-order valence-electron chi connectivity index (χ2n) is 7.85. The Morgan fingerprint density at radius 1 is 1.17 bits per heavy atom. The number of piperidine rings is 1. The summed E-state index contributed by atoms with van der Waals surface area (Å²) in [5, 5.41) is 16.8. The monoisotopic (exact) mass is 411 g/mol. The van der Waals surface area contributed by atoms with E-state index in [-0.39, 0.29) is 17.7 Å². The Bertz CT molecular complexity index is 782. The zero-order chi connectivity index (χ0) is 21.3. The smallest absolute Gasteiger partial charge is 0.228 e. The number of aryl methyl sites for hydroxylation is 1. The Labute approximate surface area is 179 Å². The number of hydrogen-bond donors (Lipinski definition) is 3. The summed E-state index contributed by atoms with van der Waals surface area (Å²) >= 11 is 0. The molecule has 3 N–H and O–H groups in total. The largest absolute Gasteiger partial charge is 0.383 e. The first kappa shape index (κ1) is 22.4. The molecular weight excluding hydrogens is 378 g/mol. The van der Waals surface area contributed by atoms with Gasteiger partial charge in [0.2, 0.25) is 5.91 Å². The molecule has 1 fully saturated rings. The van der Waals surface area contributed by atoms with E-state index in [1.54, 1.807) is 7.11 Å². The number of rotatable bonds is 9. The van der Waals surface area contributed by atoms with Gasteiger partial charge in [-0.05, 0) is 42.0 Å². The van der Waals surface area contributed by atoms with Crippen LogP contribution in [0, 0.1) is 5.92 Å². The number of carbonyl (C=O) groups excluding carboxylic acids is 1. The maximum atomic E-state index is 13.0. The van der Waals surface area contributed by atoms with Crippen molar-refractivity contribution < 1.29 is 14.6 Å². The van der Waals surface area contributed by atoms with Crippen molar-refractivity contribution in [1.82, 2.24) is 10.2 Å². The Morgan fingerprint density at radius 3 is 2.57 bits per heavy atom. The lowest BCUT2D eigenvalue weighted by molar-refractivity contribution is -0.124. The van der Waals surface area contributed by atoms with Gasteiger partial charge in [-0.15, -0.1) is 0 Å². The van der Waals surface area contributed by atoms with Gasteiger partial charge in [0.05, 0.1) is 12.5 Å². The summed E-state index contributed by atoms with van der Waals surface area (Å²) in [6.07, 6.45) is 0.942. The molecule has 0 aliphatic carbocycles. The average molecular weight is 412 g/mol. The number of ether oxygens (including phenoxy) is 1. The van der Waals surface area contributed by atoms with E-state index in [0.717, 1.165) is 18.5 Å². The molecule has 1 saturated heterocycles. The molecule has 30 heavy (non-hydrogen) atoms. The summed E-state index contributed by atoms with van der Waals surface area (Å²) in [5.74, 6) is -0.0473. The van der Waals surface area contributed by atoms with Crippen LogP contribution < -0.4 is 10.6 Å². The number of nitrogens with zero attached hydrogens (tertiary/aromatic N) is 1. The van der Waals surface area contributed by atoms with Crippen molar-refractivity contribution in [2.24, 2.45) is 5.92 Å². The van der Waals surface area contributed by atoms with Crippen molar-refractivity contribution in [2.75, 3.05) is 38.7 Å². The number of para-hydroxylation sites is 1. The maximum absolute atomic E-state index is 13.0. The Hall–Kier alpha value is -2.25. The van der Waals surface area contributed by atoms with Crippen molar-refractivity contribution >= 4 is 11.6 Å². The number of nitrogens with one attached hydrogen (secondary N) is 2. The molecule has 6 nitrogen and oxygen atoms in total. The van der Waals surface area contributed by atoms with Gasteiger partial charge in [0.1, 0.15) is 0 Å². The van der Waals surface area contributed by atoms with Gasteiger partial charge in [-0.2, -0.15) is 0 Å². The van der Waals surface area contributed by atoms with E-state index < -0.39 is 6.35 Å². The van der Waals surface area contributed by atoms with Crippen molar-refractivity contribution in [2.45, 2.75) is 32.0 Å². The van der Waals surface area contributed by atoms with Crippen molar-refractivity contribution in [3.05, 3.63) is 65.7 Å². The molecule has 2 aromatic carbocycles. The van der Waals surface area contributed by atoms with Crippen LogP contribution in [0.15, 0.2) is 54.6 Å². The van der Waals surface area contributed by atoms with Gasteiger partial charge in [-0.3, -0.25) is 15.0 Å². The summed E-state index contributed by atoms with van der Waals surface area (Å²) in [5.41, 5.74) is 3.30. The lowest BCUT2D eigenvalue weighted by Crippen LogP contribution is -2.54. The van der Waals surface area contributed by atoms with Crippen molar-refractivity contribution in [3.8, 4) is 0 Å². The van der Waals surface area contributed by atoms with Gasteiger partial charge in [0.15, 0.2) is 6.35 Å². The minimum atomic E-state index is -0.815. The fourth-order valence-corrected chi connectivity index (χ4v) is 3.97. The molecule has 0 spiro atoms. The van der Waals surface area contributed by atoms with Gasteiger partial charge in [-0.25, -0.2) is 0 Å². The molecule has 0 bridgehead atoms. The van der Waals surface area contributed by atoms with Crippen LogP contribution in [0.3, 0.4) is 0 Å². The number of benzene rings is 2. The van der Waals surface area contributed by atoms with Gasteiger partial charge in [0.25, 0.3) is 0 Å². The van der Waals surface area contributed by atoms with E-state index in [9.17, 15) is 9.90 Å². The van der Waals surface area contributed by atoms with Crippen molar-refractivity contribution in [3.63, 3.8) is 0 Å². The number of anilines is 1. The highest BCUT2D eigenvalue weighted by Gasteiger charge is 2.35. The third-order valence-electron chi connectivity index (χ3n) is 5.73. The van der Waals surface area contributed by atoms with Crippen LogP contribution in [-0.2, 0) is 16.0 Å². The maximum Gasteiger partial charge on any atom is 0.228 e. The number of hydrogen-bond acceptors (Lipinski definition) is 5. The van der Waals surface area contributed by atoms with Gasteiger partial charge in [0, 0.05) is 32.4 Å². The number of aliphatic hydroxyl groups excluding tert-OH is 1. The normalized spacial score (nSPS) is 20.6. The number of methoxy groups -OCH3 is 1. The highest BCUT2D eigenvalue weighted by atomic mass is 16.5. The highest BCUT2D eigenvalue weighted by Crippen LogP contribution is 2.32. The molecule has 1 amide bonds. The molecule has 3 atom stereocenters. The van der Waals surface area contributed by atoms with E-state index >= 15 is 0 Å². The van der Waals surface area contributed by atoms with Crippen LogP contribution in [0.5, 0.6) is 0 Å². The standard InChI is InChI=1S/C24H33N3O3/c1-3-18-9-11-19(12-10-18)20-15-21(23(28)26-22-7-5-4-6-8-22)17-27(16-20)24(29)25-13-14-30-2/h4-12,20-21,24-25,29H,3,13-17H2,1-2H3,(H,26,28). The predicted octanol–water partition coefficient (Wildman–Crippen LogP) is 2.81. The van der Waals surface area contributed by atoms with Gasteiger partial charge < -0.3 is 15.2 Å². The molecular formula is C24H33N3O3. The first-order valence-electron chi connectivity index (χ1n) is 10.7. The van der Waals surface area contributed by atoms with E-state index in [4.69, 9.17) is 4.74 Å². The van der Waals surface area contributed by atoms with E-state index in [2.05, 4.69) is 41.8 Å². The number of amides is 1. The third kappa shape index (κ3) is 6.12. The summed E-state index contributed by atoms with van der Waals surface area (Å²) in [4.78, 5) is 15.0. The molecule has 0 radical (unpaired) electrons. The fraction of sp³-hybridized carbons (Fsp3) is 0.458. The second-order valence-corrected chi connectivity index (χ2v) is 7.85. The molecule has 1 heterocycles. The molecule has 6 heteroatoms.